The Balaban J connectivity index is 1.70. The number of hydrogen-bond donors (Lipinski definition) is 1. The monoisotopic (exact) mass is 340 g/mol. The summed E-state index contributed by atoms with van der Waals surface area (Å²) in [5.41, 5.74) is 1.96. The molecule has 2 heterocycles. The molecule has 1 fully saturated rings. The zero-order chi connectivity index (χ0) is 17.8. The van der Waals surface area contributed by atoms with Crippen LogP contribution in [0.3, 0.4) is 0 Å². The highest BCUT2D eigenvalue weighted by molar-refractivity contribution is 6.03. The second kappa shape index (κ2) is 7.51. The first-order chi connectivity index (χ1) is 12.1. The van der Waals surface area contributed by atoms with Gasteiger partial charge in [-0.3, -0.25) is 4.79 Å². The van der Waals surface area contributed by atoms with Gasteiger partial charge in [-0.15, -0.1) is 10.2 Å². The molecule has 1 aliphatic heterocycles. The van der Waals surface area contributed by atoms with Crippen LogP contribution in [-0.4, -0.2) is 36.3 Å². The van der Waals surface area contributed by atoms with E-state index in [-0.39, 0.29) is 11.6 Å². The number of ether oxygens (including phenoxy) is 1. The van der Waals surface area contributed by atoms with Gasteiger partial charge in [-0.05, 0) is 55.5 Å². The van der Waals surface area contributed by atoms with E-state index in [1.807, 2.05) is 31.2 Å². The highest BCUT2D eigenvalue weighted by Gasteiger charge is 2.18. The molecule has 1 aromatic heterocycles. The van der Waals surface area contributed by atoms with Crippen LogP contribution in [0.2, 0.25) is 0 Å². The third kappa shape index (κ3) is 4.07. The molecule has 1 saturated heterocycles. The Labute approximate surface area is 148 Å². The van der Waals surface area contributed by atoms with E-state index in [1.165, 1.54) is 0 Å². The van der Waals surface area contributed by atoms with Crippen molar-refractivity contribution in [2.45, 2.75) is 26.7 Å². The normalized spacial score (nSPS) is 15.1. The van der Waals surface area contributed by atoms with Gasteiger partial charge in [0.05, 0.1) is 12.8 Å². The third-order valence-corrected chi connectivity index (χ3v) is 4.59. The zero-order valence-corrected chi connectivity index (χ0v) is 15.0. The summed E-state index contributed by atoms with van der Waals surface area (Å²) in [5.74, 6) is 1.91. The fraction of sp³-hybridized carbons (Fsp3) is 0.421. The summed E-state index contributed by atoms with van der Waals surface area (Å²) in [4.78, 5) is 14.7. The fourth-order valence-corrected chi connectivity index (χ4v) is 2.96. The Bertz CT molecular complexity index is 738. The molecule has 0 aliphatic carbocycles. The summed E-state index contributed by atoms with van der Waals surface area (Å²) in [5, 5.41) is 11.2. The van der Waals surface area contributed by atoms with Crippen LogP contribution in [0.5, 0.6) is 5.75 Å². The lowest BCUT2D eigenvalue weighted by Gasteiger charge is -2.30. The molecule has 1 aromatic carbocycles. The van der Waals surface area contributed by atoms with Crippen molar-refractivity contribution in [2.75, 3.05) is 30.4 Å². The number of amides is 1. The molecule has 6 nitrogen and oxygen atoms in total. The van der Waals surface area contributed by atoms with Gasteiger partial charge in [0.25, 0.3) is 5.91 Å². The van der Waals surface area contributed by atoms with E-state index in [0.29, 0.717) is 11.4 Å². The van der Waals surface area contributed by atoms with Crippen molar-refractivity contribution < 1.29 is 9.53 Å². The lowest BCUT2D eigenvalue weighted by molar-refractivity contribution is 0.102. The fourth-order valence-electron chi connectivity index (χ4n) is 2.96. The smallest absolute Gasteiger partial charge is 0.276 e. The predicted octanol–water partition coefficient (Wildman–Crippen LogP) is 3.28. The van der Waals surface area contributed by atoms with Crippen molar-refractivity contribution >= 4 is 17.4 Å². The largest absolute Gasteiger partial charge is 0.495 e. The lowest BCUT2D eigenvalue weighted by atomic mass is 9.99. The number of benzene rings is 1. The van der Waals surface area contributed by atoms with Gasteiger partial charge in [0, 0.05) is 13.1 Å². The molecule has 2 aromatic rings. The molecule has 6 heteroatoms. The maximum atomic E-state index is 12.4. The molecule has 1 N–H and O–H groups in total. The van der Waals surface area contributed by atoms with Crippen LogP contribution in [0.4, 0.5) is 11.5 Å². The number of anilines is 2. The molecule has 0 atom stereocenters. The van der Waals surface area contributed by atoms with Crippen molar-refractivity contribution in [1.29, 1.82) is 0 Å². The van der Waals surface area contributed by atoms with E-state index in [2.05, 4.69) is 27.3 Å². The number of aryl methyl sites for hydroxylation is 1. The number of rotatable bonds is 4. The van der Waals surface area contributed by atoms with Crippen molar-refractivity contribution in [2.24, 2.45) is 5.92 Å². The van der Waals surface area contributed by atoms with Gasteiger partial charge in [0.1, 0.15) is 5.75 Å². The molecule has 3 rings (SSSR count). The summed E-state index contributed by atoms with van der Waals surface area (Å²) in [7, 11) is 1.58. The Morgan fingerprint density at radius 3 is 2.60 bits per heavy atom. The number of nitrogens with one attached hydrogen (secondary N) is 1. The summed E-state index contributed by atoms with van der Waals surface area (Å²) in [6, 6.07) is 9.22. The van der Waals surface area contributed by atoms with E-state index in [0.717, 1.165) is 43.2 Å². The molecule has 0 saturated carbocycles. The molecule has 25 heavy (non-hydrogen) atoms. The van der Waals surface area contributed by atoms with E-state index in [9.17, 15) is 4.79 Å². The number of aromatic nitrogens is 2. The van der Waals surface area contributed by atoms with Crippen LogP contribution in [0.15, 0.2) is 30.3 Å². The Hall–Kier alpha value is -2.63. The maximum absolute atomic E-state index is 12.4. The van der Waals surface area contributed by atoms with Gasteiger partial charge in [0.15, 0.2) is 11.5 Å². The molecule has 132 valence electrons. The topological polar surface area (TPSA) is 67.3 Å². The minimum absolute atomic E-state index is 0.290. The third-order valence-electron chi connectivity index (χ3n) is 4.59. The van der Waals surface area contributed by atoms with Gasteiger partial charge in [-0.25, -0.2) is 0 Å². The van der Waals surface area contributed by atoms with E-state index >= 15 is 0 Å². The van der Waals surface area contributed by atoms with Gasteiger partial charge < -0.3 is 15.0 Å². The second-order valence-corrected chi connectivity index (χ2v) is 6.60. The highest BCUT2D eigenvalue weighted by atomic mass is 16.5. The average molecular weight is 340 g/mol. The van der Waals surface area contributed by atoms with Crippen LogP contribution in [0.1, 0.15) is 35.8 Å². The SMILES string of the molecule is COc1ccc(C)cc1NC(=O)c1ccc(N2CCC(C)CC2)nn1. The maximum Gasteiger partial charge on any atom is 0.276 e. The number of piperidine rings is 1. The quantitative estimate of drug-likeness (QED) is 0.925. The highest BCUT2D eigenvalue weighted by Crippen LogP contribution is 2.26. The summed E-state index contributed by atoms with van der Waals surface area (Å²) < 4.78 is 5.29. The Morgan fingerprint density at radius 1 is 1.20 bits per heavy atom. The average Bonchev–Trinajstić information content (AvgIpc) is 2.63. The van der Waals surface area contributed by atoms with E-state index in [4.69, 9.17) is 4.74 Å². The zero-order valence-electron chi connectivity index (χ0n) is 15.0. The summed E-state index contributed by atoms with van der Waals surface area (Å²) >= 11 is 0. The molecule has 0 bridgehead atoms. The Kier molecular flexibility index (Phi) is 5.16. The van der Waals surface area contributed by atoms with Gasteiger partial charge in [-0.1, -0.05) is 13.0 Å². The number of carbonyl (C=O) groups excluding carboxylic acids is 1. The number of hydrogen-bond acceptors (Lipinski definition) is 5. The summed E-state index contributed by atoms with van der Waals surface area (Å²) in [6.45, 7) is 6.21. The van der Waals surface area contributed by atoms with Gasteiger partial charge in [-0.2, -0.15) is 0 Å². The molecule has 0 radical (unpaired) electrons. The van der Waals surface area contributed by atoms with Crippen molar-refractivity contribution in [1.82, 2.24) is 10.2 Å². The molecule has 1 aliphatic rings. The Morgan fingerprint density at radius 2 is 1.96 bits per heavy atom. The van der Waals surface area contributed by atoms with Gasteiger partial charge in [0.2, 0.25) is 0 Å². The summed E-state index contributed by atoms with van der Waals surface area (Å²) in [6.07, 6.45) is 2.33. The first-order valence-corrected chi connectivity index (χ1v) is 8.61. The van der Waals surface area contributed by atoms with Crippen LogP contribution in [-0.2, 0) is 0 Å². The van der Waals surface area contributed by atoms with Crippen LogP contribution in [0, 0.1) is 12.8 Å². The van der Waals surface area contributed by atoms with Crippen molar-refractivity contribution in [3.63, 3.8) is 0 Å². The molecule has 1 amide bonds. The van der Waals surface area contributed by atoms with Crippen molar-refractivity contribution in [3.8, 4) is 5.75 Å². The molecule has 0 spiro atoms. The van der Waals surface area contributed by atoms with Gasteiger partial charge >= 0.3 is 0 Å². The molecular weight excluding hydrogens is 316 g/mol. The van der Waals surface area contributed by atoms with E-state index in [1.54, 1.807) is 13.2 Å². The predicted molar refractivity (Wildman–Crippen MR) is 98.3 cm³/mol. The molecular formula is C19H24N4O2. The standard InChI is InChI=1S/C19H24N4O2/c1-13-8-10-23(11-9-13)18-7-5-15(21-22-18)19(24)20-16-12-14(2)4-6-17(16)25-3/h4-7,12-13H,8-11H2,1-3H3,(H,20,24). The minimum Gasteiger partial charge on any atom is -0.495 e. The van der Waals surface area contributed by atoms with Crippen LogP contribution >= 0.6 is 0 Å². The lowest BCUT2D eigenvalue weighted by Crippen LogP contribution is -2.33. The van der Waals surface area contributed by atoms with Crippen LogP contribution in [0.25, 0.3) is 0 Å². The number of methoxy groups -OCH3 is 1. The minimum atomic E-state index is -0.296. The number of carbonyl (C=O) groups is 1. The first kappa shape index (κ1) is 17.2. The van der Waals surface area contributed by atoms with E-state index < -0.39 is 0 Å². The van der Waals surface area contributed by atoms with Crippen LogP contribution < -0.4 is 15.0 Å². The number of nitrogens with zero attached hydrogens (tertiary/aromatic N) is 3. The van der Waals surface area contributed by atoms with Crippen molar-refractivity contribution in [3.05, 3.63) is 41.6 Å². The first-order valence-electron chi connectivity index (χ1n) is 8.61. The second-order valence-electron chi connectivity index (χ2n) is 6.60. The molecule has 0 unspecified atom stereocenters.